The largest absolute Gasteiger partial charge is 0.424 e. The molecule has 8 heteroatoms. The predicted molar refractivity (Wildman–Crippen MR) is 105 cm³/mol. The smallest absolute Gasteiger partial charge is 0.319 e. The van der Waals surface area contributed by atoms with Gasteiger partial charge in [-0.05, 0) is 28.1 Å². The normalized spacial score (nSPS) is 11.8. The van der Waals surface area contributed by atoms with E-state index in [0.717, 1.165) is 10.9 Å². The lowest BCUT2D eigenvalue weighted by atomic mass is 10.1. The zero-order valence-corrected chi connectivity index (χ0v) is 17.1. The van der Waals surface area contributed by atoms with Crippen LogP contribution < -0.4 is 10.00 Å². The van der Waals surface area contributed by atoms with Crippen molar-refractivity contribution in [3.63, 3.8) is 0 Å². The average molecular weight is 480 g/mol. The van der Waals surface area contributed by atoms with Crippen LogP contribution in [-0.2, 0) is 6.42 Å². The molecule has 0 saturated heterocycles. The van der Waals surface area contributed by atoms with Crippen LogP contribution in [0.4, 0.5) is 16.4 Å². The Kier molecular flexibility index (Phi) is 6.05. The first-order chi connectivity index (χ1) is 12.5. The SMILES string of the molecule is CC(Cc1ccccc1)[n+]1noc([N-]C(=O)Nc2ccc(Br)cc2)c1Br. The first kappa shape index (κ1) is 18.6. The van der Waals surface area contributed by atoms with E-state index in [1.807, 2.05) is 37.3 Å². The number of anilines is 1. The van der Waals surface area contributed by atoms with E-state index in [2.05, 4.69) is 59.9 Å². The first-order valence-electron chi connectivity index (χ1n) is 7.92. The lowest BCUT2D eigenvalue weighted by Crippen LogP contribution is -2.41. The van der Waals surface area contributed by atoms with Gasteiger partial charge in [-0.15, -0.1) is 0 Å². The zero-order valence-electron chi connectivity index (χ0n) is 13.9. The van der Waals surface area contributed by atoms with E-state index in [-0.39, 0.29) is 11.9 Å². The summed E-state index contributed by atoms with van der Waals surface area (Å²) in [5, 5.41) is 10.6. The number of nitrogens with one attached hydrogen (secondary N) is 1. The predicted octanol–water partition coefficient (Wildman–Crippen LogP) is 5.53. The number of benzene rings is 2. The monoisotopic (exact) mass is 478 g/mol. The molecule has 1 aromatic heterocycles. The highest BCUT2D eigenvalue weighted by Gasteiger charge is 2.26. The highest BCUT2D eigenvalue weighted by Crippen LogP contribution is 2.28. The van der Waals surface area contributed by atoms with Gasteiger partial charge in [0, 0.05) is 33.7 Å². The van der Waals surface area contributed by atoms with Crippen molar-refractivity contribution in [1.82, 2.24) is 5.27 Å². The molecule has 6 nitrogen and oxygen atoms in total. The van der Waals surface area contributed by atoms with Gasteiger partial charge in [-0.3, -0.25) is 4.79 Å². The van der Waals surface area contributed by atoms with Crippen LogP contribution >= 0.6 is 31.9 Å². The summed E-state index contributed by atoms with van der Waals surface area (Å²) in [5.74, 6) is 0.125. The van der Waals surface area contributed by atoms with Gasteiger partial charge in [-0.1, -0.05) is 58.4 Å². The maximum absolute atomic E-state index is 12.1. The van der Waals surface area contributed by atoms with Gasteiger partial charge < -0.3 is 15.2 Å². The number of urea groups is 1. The number of hydrogen-bond donors (Lipinski definition) is 1. The average Bonchev–Trinajstić information content (AvgIpc) is 2.98. The molecule has 1 N–H and O–H groups in total. The zero-order chi connectivity index (χ0) is 18.5. The maximum Gasteiger partial charge on any atom is 0.319 e. The highest BCUT2D eigenvalue weighted by atomic mass is 79.9. The number of aromatic nitrogens is 2. The number of amides is 2. The quantitative estimate of drug-likeness (QED) is 0.489. The molecule has 134 valence electrons. The molecular formula is C18H16Br2N4O2. The van der Waals surface area contributed by atoms with Gasteiger partial charge in [0.1, 0.15) is 0 Å². The van der Waals surface area contributed by atoms with Crippen molar-refractivity contribution < 1.29 is 14.0 Å². The summed E-state index contributed by atoms with van der Waals surface area (Å²) < 4.78 is 8.33. The molecule has 0 fully saturated rings. The third kappa shape index (κ3) is 4.70. The van der Waals surface area contributed by atoms with E-state index in [0.29, 0.717) is 10.3 Å². The molecule has 3 rings (SSSR count). The number of rotatable bonds is 5. The Morgan fingerprint density at radius 3 is 2.58 bits per heavy atom. The van der Waals surface area contributed by atoms with Gasteiger partial charge in [0.05, 0.1) is 0 Å². The minimum absolute atomic E-state index is 0.0361. The van der Waals surface area contributed by atoms with Crippen molar-refractivity contribution in [2.75, 3.05) is 5.32 Å². The van der Waals surface area contributed by atoms with E-state index in [1.165, 1.54) is 5.56 Å². The molecule has 1 unspecified atom stereocenters. The van der Waals surface area contributed by atoms with E-state index >= 15 is 0 Å². The summed E-state index contributed by atoms with van der Waals surface area (Å²) in [6, 6.07) is 16.8. The van der Waals surface area contributed by atoms with Crippen molar-refractivity contribution in [3.05, 3.63) is 74.6 Å². The van der Waals surface area contributed by atoms with Crippen LogP contribution in [0, 0.1) is 0 Å². The summed E-state index contributed by atoms with van der Waals surface area (Å²) in [7, 11) is 0. The van der Waals surface area contributed by atoms with Crippen molar-refractivity contribution in [1.29, 1.82) is 0 Å². The van der Waals surface area contributed by atoms with Gasteiger partial charge in [-0.25, -0.2) is 0 Å². The van der Waals surface area contributed by atoms with E-state index in [1.54, 1.807) is 16.8 Å². The Bertz CT molecular complexity index is 882. The van der Waals surface area contributed by atoms with E-state index in [4.69, 9.17) is 4.52 Å². The molecule has 1 heterocycles. The molecule has 0 radical (unpaired) electrons. The van der Waals surface area contributed by atoms with Crippen LogP contribution in [0.3, 0.4) is 0 Å². The van der Waals surface area contributed by atoms with Crippen molar-refractivity contribution in [2.45, 2.75) is 19.4 Å². The molecule has 26 heavy (non-hydrogen) atoms. The molecule has 0 aliphatic carbocycles. The van der Waals surface area contributed by atoms with Crippen LogP contribution in [0.1, 0.15) is 18.5 Å². The lowest BCUT2D eigenvalue weighted by molar-refractivity contribution is -0.790. The minimum Gasteiger partial charge on any atom is -0.424 e. The molecule has 0 bridgehead atoms. The molecule has 3 aromatic rings. The van der Waals surface area contributed by atoms with Gasteiger partial charge in [0.15, 0.2) is 17.3 Å². The summed E-state index contributed by atoms with van der Waals surface area (Å²) >= 11 is 6.76. The second kappa shape index (κ2) is 8.46. The number of carbonyl (C=O) groups excluding carboxylic acids is 1. The Labute approximate surface area is 167 Å². The Morgan fingerprint density at radius 2 is 1.88 bits per heavy atom. The van der Waals surface area contributed by atoms with Crippen LogP contribution in [0.5, 0.6) is 0 Å². The summed E-state index contributed by atoms with van der Waals surface area (Å²) in [4.78, 5) is 12.1. The number of nitrogens with zero attached hydrogens (tertiary/aromatic N) is 3. The van der Waals surface area contributed by atoms with Gasteiger partial charge >= 0.3 is 4.60 Å². The topological polar surface area (TPSA) is 73.1 Å². The number of carbonyl (C=O) groups is 1. The van der Waals surface area contributed by atoms with Gasteiger partial charge in [0.2, 0.25) is 5.88 Å². The Hall–Kier alpha value is -2.19. The fourth-order valence-electron chi connectivity index (χ4n) is 2.41. The first-order valence-corrected chi connectivity index (χ1v) is 9.51. The molecule has 0 aliphatic heterocycles. The van der Waals surface area contributed by atoms with Gasteiger partial charge in [-0.2, -0.15) is 0 Å². The fourth-order valence-corrected chi connectivity index (χ4v) is 3.25. The Balaban J connectivity index is 1.64. The summed E-state index contributed by atoms with van der Waals surface area (Å²) in [6.07, 6.45) is 0.779. The second-order valence-electron chi connectivity index (χ2n) is 5.70. The maximum atomic E-state index is 12.1. The Morgan fingerprint density at radius 1 is 1.19 bits per heavy atom. The molecule has 0 aliphatic rings. The third-order valence-corrected chi connectivity index (χ3v) is 4.91. The molecular weight excluding hydrogens is 464 g/mol. The fraction of sp³-hybridized carbons (Fsp3) is 0.167. The molecule has 0 saturated carbocycles. The van der Waals surface area contributed by atoms with Gasteiger partial charge in [0.25, 0.3) is 0 Å². The summed E-state index contributed by atoms with van der Waals surface area (Å²) in [6.45, 7) is 2.02. The van der Waals surface area contributed by atoms with Crippen LogP contribution in [0.2, 0.25) is 0 Å². The highest BCUT2D eigenvalue weighted by molar-refractivity contribution is 9.10. The van der Waals surface area contributed by atoms with E-state index in [9.17, 15) is 4.79 Å². The minimum atomic E-state index is -0.535. The van der Waals surface area contributed by atoms with Crippen molar-refractivity contribution in [2.24, 2.45) is 0 Å². The van der Waals surface area contributed by atoms with Crippen molar-refractivity contribution >= 4 is 49.5 Å². The summed E-state index contributed by atoms with van der Waals surface area (Å²) in [5.41, 5.74) is 1.83. The van der Waals surface area contributed by atoms with E-state index < -0.39 is 6.03 Å². The number of hydrogen-bond acceptors (Lipinski definition) is 3. The number of halogens is 2. The van der Waals surface area contributed by atoms with Crippen LogP contribution in [0.15, 0.2) is 68.2 Å². The lowest BCUT2D eigenvalue weighted by Gasteiger charge is -2.13. The molecule has 2 amide bonds. The molecule has 1 atom stereocenters. The van der Waals surface area contributed by atoms with Crippen molar-refractivity contribution in [3.8, 4) is 0 Å². The molecule has 2 aromatic carbocycles. The van der Waals surface area contributed by atoms with Crippen LogP contribution in [-0.4, -0.2) is 11.3 Å². The third-order valence-electron chi connectivity index (χ3n) is 3.68. The second-order valence-corrected chi connectivity index (χ2v) is 7.37. The van der Waals surface area contributed by atoms with Crippen LogP contribution in [0.25, 0.3) is 5.32 Å². The molecule has 0 spiro atoms. The standard InChI is InChI=1S/C18H16Br2N4O2/c1-12(11-13-5-3-2-4-6-13)24-16(20)17(26-23-24)22-18(25)21-15-9-7-14(19)8-10-15/h2-10,12H,11H2,1H3,(H-,21,22,23,25).